The molecule has 0 saturated carbocycles. The van der Waals surface area contributed by atoms with Crippen LogP contribution >= 0.6 is 0 Å². The molecule has 5 nitrogen and oxygen atoms in total. The van der Waals surface area contributed by atoms with E-state index in [0.717, 1.165) is 11.3 Å². The Kier molecular flexibility index (Phi) is 7.34. The maximum Gasteiger partial charge on any atom is 0.305 e. The second kappa shape index (κ2) is 9.71. The van der Waals surface area contributed by atoms with E-state index in [1.165, 1.54) is 24.3 Å². The minimum atomic E-state index is -1.04. The third kappa shape index (κ3) is 6.40. The second-order valence-corrected chi connectivity index (χ2v) is 6.59. The van der Waals surface area contributed by atoms with Gasteiger partial charge in [-0.1, -0.05) is 37.3 Å². The summed E-state index contributed by atoms with van der Waals surface area (Å²) in [6, 6.07) is 12.4. The number of carboxylic acids is 1. The third-order valence-corrected chi connectivity index (χ3v) is 4.28. The Morgan fingerprint density at radius 3 is 2.41 bits per heavy atom. The number of rotatable bonds is 9. The fourth-order valence-corrected chi connectivity index (χ4v) is 3.01. The van der Waals surface area contributed by atoms with Crippen LogP contribution in [-0.4, -0.2) is 24.1 Å². The molecule has 0 radical (unpaired) electrons. The van der Waals surface area contributed by atoms with Gasteiger partial charge in [0.05, 0.1) is 19.6 Å². The van der Waals surface area contributed by atoms with E-state index >= 15 is 0 Å². The Balaban J connectivity index is 2.00. The summed E-state index contributed by atoms with van der Waals surface area (Å²) >= 11 is 0. The number of aliphatic carboxylic acids is 1. The van der Waals surface area contributed by atoms with Gasteiger partial charge in [-0.2, -0.15) is 0 Å². The monoisotopic (exact) mass is 373 g/mol. The van der Waals surface area contributed by atoms with Crippen LogP contribution < -0.4 is 10.1 Å². The number of nitrogens with one attached hydrogen (secondary N) is 1. The first-order valence-electron chi connectivity index (χ1n) is 8.77. The molecule has 2 N–H and O–H groups in total. The molecule has 0 aliphatic heterocycles. The van der Waals surface area contributed by atoms with Crippen molar-refractivity contribution in [2.45, 2.75) is 32.2 Å². The van der Waals surface area contributed by atoms with Crippen LogP contribution in [0.25, 0.3) is 0 Å². The molecule has 0 aromatic heterocycles. The van der Waals surface area contributed by atoms with Gasteiger partial charge in [0, 0.05) is 6.42 Å². The van der Waals surface area contributed by atoms with E-state index in [4.69, 9.17) is 9.84 Å². The molecule has 6 heteroatoms. The quantitative estimate of drug-likeness (QED) is 0.702. The van der Waals surface area contributed by atoms with Crippen molar-refractivity contribution in [3.8, 4) is 5.75 Å². The number of para-hydroxylation sites is 1. The van der Waals surface area contributed by atoms with Gasteiger partial charge in [0.15, 0.2) is 0 Å². The Bertz CT molecular complexity index is 776. The minimum Gasteiger partial charge on any atom is -0.496 e. The van der Waals surface area contributed by atoms with Crippen molar-refractivity contribution >= 4 is 11.9 Å². The zero-order valence-electron chi connectivity index (χ0n) is 15.4. The van der Waals surface area contributed by atoms with Crippen LogP contribution in [0.2, 0.25) is 0 Å². The predicted molar refractivity (Wildman–Crippen MR) is 100 cm³/mol. The largest absolute Gasteiger partial charge is 0.496 e. The van der Waals surface area contributed by atoms with E-state index in [9.17, 15) is 14.0 Å². The van der Waals surface area contributed by atoms with Crippen molar-refractivity contribution < 1.29 is 23.8 Å². The average molecular weight is 373 g/mol. The zero-order valence-corrected chi connectivity index (χ0v) is 15.4. The fourth-order valence-electron chi connectivity index (χ4n) is 3.01. The molecule has 0 aliphatic carbocycles. The van der Waals surface area contributed by atoms with E-state index in [0.29, 0.717) is 12.0 Å². The van der Waals surface area contributed by atoms with Gasteiger partial charge in [-0.05, 0) is 41.7 Å². The van der Waals surface area contributed by atoms with Crippen molar-refractivity contribution in [1.82, 2.24) is 5.32 Å². The number of hydrogen-bond donors (Lipinski definition) is 2. The van der Waals surface area contributed by atoms with Crippen LogP contribution in [0.4, 0.5) is 4.39 Å². The number of methoxy groups -OCH3 is 1. The molecule has 0 heterocycles. The average Bonchev–Trinajstić information content (AvgIpc) is 2.61. The molecule has 0 saturated heterocycles. The topological polar surface area (TPSA) is 75.6 Å². The highest BCUT2D eigenvalue weighted by atomic mass is 19.1. The normalized spacial score (nSPS) is 12.9. The minimum absolute atomic E-state index is 0.0417. The molecule has 1 amide bonds. The number of carbonyl (C=O) groups excluding carboxylic acids is 1. The van der Waals surface area contributed by atoms with Crippen molar-refractivity contribution in [2.24, 2.45) is 5.92 Å². The summed E-state index contributed by atoms with van der Waals surface area (Å²) in [6.07, 6.45) is 0.644. The SMILES string of the molecule is COc1ccccc1CC(C)CC(=O)NC(CC(=O)O)c1ccc(F)cc1. The maximum absolute atomic E-state index is 13.1. The van der Waals surface area contributed by atoms with Crippen LogP contribution in [-0.2, 0) is 16.0 Å². The summed E-state index contributed by atoms with van der Waals surface area (Å²) in [5.74, 6) is -0.871. The molecular weight excluding hydrogens is 349 g/mol. The Morgan fingerprint density at radius 2 is 1.78 bits per heavy atom. The van der Waals surface area contributed by atoms with E-state index < -0.39 is 17.8 Å². The second-order valence-electron chi connectivity index (χ2n) is 6.59. The summed E-state index contributed by atoms with van der Waals surface area (Å²) in [7, 11) is 1.61. The lowest BCUT2D eigenvalue weighted by Crippen LogP contribution is -2.31. The molecular formula is C21H24FNO4. The molecule has 2 aromatic carbocycles. The molecule has 2 unspecified atom stereocenters. The number of benzene rings is 2. The van der Waals surface area contributed by atoms with Crippen LogP contribution in [0.15, 0.2) is 48.5 Å². The molecule has 0 bridgehead atoms. The molecule has 0 aliphatic rings. The van der Waals surface area contributed by atoms with Gasteiger partial charge >= 0.3 is 5.97 Å². The van der Waals surface area contributed by atoms with Crippen molar-refractivity contribution in [3.05, 3.63) is 65.5 Å². The van der Waals surface area contributed by atoms with Gasteiger partial charge in [-0.25, -0.2) is 4.39 Å². The van der Waals surface area contributed by atoms with Crippen molar-refractivity contribution in [1.29, 1.82) is 0 Å². The number of amides is 1. The molecule has 2 atom stereocenters. The number of hydrogen-bond acceptors (Lipinski definition) is 3. The predicted octanol–water partition coefficient (Wildman–Crippen LogP) is 3.74. The van der Waals surface area contributed by atoms with E-state index in [2.05, 4.69) is 5.32 Å². The molecule has 2 aromatic rings. The number of carbonyl (C=O) groups is 2. The lowest BCUT2D eigenvalue weighted by molar-refractivity contribution is -0.137. The summed E-state index contributed by atoms with van der Waals surface area (Å²) < 4.78 is 18.4. The van der Waals surface area contributed by atoms with Gasteiger partial charge in [0.25, 0.3) is 0 Å². The van der Waals surface area contributed by atoms with Crippen LogP contribution in [0.3, 0.4) is 0 Å². The van der Waals surface area contributed by atoms with Gasteiger partial charge < -0.3 is 15.2 Å². The summed E-state index contributed by atoms with van der Waals surface area (Å²) in [5, 5.41) is 11.9. The molecule has 0 fully saturated rings. The summed E-state index contributed by atoms with van der Waals surface area (Å²) in [6.45, 7) is 1.95. The summed E-state index contributed by atoms with van der Waals surface area (Å²) in [4.78, 5) is 23.5. The van der Waals surface area contributed by atoms with Gasteiger partial charge in [-0.15, -0.1) is 0 Å². The lowest BCUT2D eigenvalue weighted by atomic mass is 9.96. The standard InChI is InChI=1S/C21H24FNO4/c1-14(11-16-5-3-4-6-19(16)27-2)12-20(24)23-18(13-21(25)26)15-7-9-17(22)10-8-15/h3-10,14,18H,11-13H2,1-2H3,(H,23,24)(H,25,26). The number of ether oxygens (including phenoxy) is 1. The van der Waals surface area contributed by atoms with Crippen molar-refractivity contribution in [3.63, 3.8) is 0 Å². The van der Waals surface area contributed by atoms with Crippen LogP contribution in [0, 0.1) is 11.7 Å². The van der Waals surface area contributed by atoms with Crippen molar-refractivity contribution in [2.75, 3.05) is 7.11 Å². The smallest absolute Gasteiger partial charge is 0.305 e. The highest BCUT2D eigenvalue weighted by Gasteiger charge is 2.20. The Morgan fingerprint density at radius 1 is 1.11 bits per heavy atom. The Labute approximate surface area is 158 Å². The van der Waals surface area contributed by atoms with E-state index in [1.807, 2.05) is 31.2 Å². The number of halogens is 1. The van der Waals surface area contributed by atoms with Crippen LogP contribution in [0.5, 0.6) is 5.75 Å². The highest BCUT2D eigenvalue weighted by Crippen LogP contribution is 2.23. The zero-order chi connectivity index (χ0) is 19.8. The fraction of sp³-hybridized carbons (Fsp3) is 0.333. The van der Waals surface area contributed by atoms with Gasteiger partial charge in [-0.3, -0.25) is 9.59 Å². The first-order valence-corrected chi connectivity index (χ1v) is 8.77. The first-order chi connectivity index (χ1) is 12.9. The maximum atomic E-state index is 13.1. The first kappa shape index (κ1) is 20.4. The Hall–Kier alpha value is -2.89. The third-order valence-electron chi connectivity index (χ3n) is 4.28. The van der Waals surface area contributed by atoms with E-state index in [1.54, 1.807) is 7.11 Å². The molecule has 144 valence electrons. The van der Waals surface area contributed by atoms with Crippen LogP contribution in [0.1, 0.15) is 36.9 Å². The van der Waals surface area contributed by atoms with Gasteiger partial charge in [0.1, 0.15) is 11.6 Å². The van der Waals surface area contributed by atoms with Gasteiger partial charge in [0.2, 0.25) is 5.91 Å². The highest BCUT2D eigenvalue weighted by molar-refractivity contribution is 5.78. The molecule has 0 spiro atoms. The summed E-state index contributed by atoms with van der Waals surface area (Å²) in [5.41, 5.74) is 1.57. The molecule has 27 heavy (non-hydrogen) atoms. The van der Waals surface area contributed by atoms with E-state index in [-0.39, 0.29) is 24.7 Å². The lowest BCUT2D eigenvalue weighted by Gasteiger charge is -2.19. The molecule has 2 rings (SSSR count). The number of carboxylic acid groups (broad SMARTS) is 1.